The first kappa shape index (κ1) is 32.2. The van der Waals surface area contributed by atoms with E-state index in [1.54, 1.807) is 0 Å². The van der Waals surface area contributed by atoms with Crippen LogP contribution < -0.4 is 29.9 Å². The summed E-state index contributed by atoms with van der Waals surface area (Å²) in [4.78, 5) is 27.0. The normalized spacial score (nSPS) is 16.5. The third-order valence-corrected chi connectivity index (χ3v) is 9.44. The van der Waals surface area contributed by atoms with Gasteiger partial charge in [-0.15, -0.1) is 0 Å². The molecule has 5 aliphatic rings. The van der Waals surface area contributed by atoms with E-state index in [4.69, 9.17) is 14.9 Å². The summed E-state index contributed by atoms with van der Waals surface area (Å²) >= 11 is 0. The number of carboxylic acid groups (broad SMARTS) is 2. The van der Waals surface area contributed by atoms with E-state index in [1.807, 2.05) is 0 Å². The Labute approximate surface area is 261 Å². The number of aromatic carboxylic acids is 2. The molecule has 0 fully saturated rings. The average molecular weight is 617 g/mol. The lowest BCUT2D eigenvalue weighted by Gasteiger charge is -2.39. The first-order chi connectivity index (χ1) is 21.5. The number of aryl methyl sites for hydroxylation is 2. The van der Waals surface area contributed by atoms with Crippen molar-refractivity contribution in [3.63, 3.8) is 0 Å². The molecule has 45 heavy (non-hydrogen) atoms. The van der Waals surface area contributed by atoms with Crippen molar-refractivity contribution in [3.8, 4) is 11.5 Å². The lowest BCUT2D eigenvalue weighted by Crippen LogP contribution is -2.45. The Morgan fingerprint density at radius 1 is 0.822 bits per heavy atom. The van der Waals surface area contributed by atoms with Crippen LogP contribution in [0, 0.1) is 0 Å². The van der Waals surface area contributed by atoms with Crippen molar-refractivity contribution in [2.24, 2.45) is 0 Å². The molecule has 8 rings (SSSR count). The fourth-order valence-electron chi connectivity index (χ4n) is 7.87. The van der Waals surface area contributed by atoms with Crippen LogP contribution in [0.15, 0.2) is 30.3 Å². The maximum Gasteiger partial charge on any atom is 0.336 e. The Bertz CT molecular complexity index is 1810. The Morgan fingerprint density at radius 3 is 2.20 bits per heavy atom. The summed E-state index contributed by atoms with van der Waals surface area (Å²) in [6, 6.07) is 8.60. The number of fused-ring (bicyclic) bond motifs is 4. The van der Waals surface area contributed by atoms with Crippen molar-refractivity contribution in [3.05, 3.63) is 85.4 Å². The van der Waals surface area contributed by atoms with Crippen molar-refractivity contribution in [2.75, 3.05) is 45.3 Å². The maximum atomic E-state index is 12.6. The number of anilines is 1. The van der Waals surface area contributed by atoms with Gasteiger partial charge in [0.25, 0.3) is 0 Å². The summed E-state index contributed by atoms with van der Waals surface area (Å²) in [7, 11) is 2.00. The van der Waals surface area contributed by atoms with E-state index in [0.717, 1.165) is 120 Å². The molecular formula is C35H40N2O8. The lowest BCUT2D eigenvalue weighted by molar-refractivity contribution is -0.255. The van der Waals surface area contributed by atoms with E-state index in [9.17, 15) is 19.8 Å². The molecule has 0 aromatic heterocycles. The Kier molecular flexibility index (Phi) is 9.29. The number of carbonyl (C=O) groups excluding carboxylic acids is 1. The lowest BCUT2D eigenvalue weighted by atomic mass is 9.81. The van der Waals surface area contributed by atoms with Crippen LogP contribution in [0.4, 0.5) is 5.69 Å². The van der Waals surface area contributed by atoms with E-state index < -0.39 is 11.9 Å². The Morgan fingerprint density at radius 2 is 1.49 bits per heavy atom. The highest BCUT2D eigenvalue weighted by Gasteiger charge is 2.36. The van der Waals surface area contributed by atoms with Crippen molar-refractivity contribution in [1.82, 2.24) is 4.58 Å². The third-order valence-electron chi connectivity index (χ3n) is 9.44. The number of carbonyl (C=O) groups is 2. The fraction of sp³-hybridized carbons (Fsp3) is 0.400. The Hall–Kier alpha value is -4.25. The van der Waals surface area contributed by atoms with Gasteiger partial charge in [-0.25, -0.2) is 9.37 Å². The molecule has 3 aromatic carbocycles. The molecule has 0 amide bonds. The Balaban J connectivity index is 0.000000771. The van der Waals surface area contributed by atoms with E-state index in [-0.39, 0.29) is 16.6 Å². The number of nitrogens with zero attached hydrogens (tertiary/aromatic N) is 2. The van der Waals surface area contributed by atoms with Gasteiger partial charge in [-0.1, -0.05) is 6.07 Å². The van der Waals surface area contributed by atoms with Gasteiger partial charge in [0.1, 0.15) is 24.6 Å². The monoisotopic (exact) mass is 616 g/mol. The first-order valence-corrected chi connectivity index (χ1v) is 15.4. The molecule has 238 valence electrons. The van der Waals surface area contributed by atoms with Gasteiger partial charge >= 0.3 is 5.97 Å². The average Bonchev–Trinajstić information content (AvgIpc) is 3.06. The van der Waals surface area contributed by atoms with Crippen LogP contribution in [-0.4, -0.2) is 73.1 Å². The predicted octanol–water partition coefficient (Wildman–Crippen LogP) is 0.576. The molecule has 10 nitrogen and oxygen atoms in total. The molecule has 3 aromatic rings. The maximum absolute atomic E-state index is 12.6. The second-order valence-corrected chi connectivity index (χ2v) is 11.7. The second kappa shape index (κ2) is 13.0. The summed E-state index contributed by atoms with van der Waals surface area (Å²) in [6.45, 7) is 4.15. The molecule has 5 heterocycles. The number of ether oxygens (including phenoxy) is 1. The van der Waals surface area contributed by atoms with Crippen molar-refractivity contribution >= 4 is 23.2 Å². The zero-order valence-corrected chi connectivity index (χ0v) is 25.7. The van der Waals surface area contributed by atoms with Crippen LogP contribution >= 0.6 is 0 Å². The minimum atomic E-state index is -1.32. The number of aliphatic hydroxyl groups is 2. The van der Waals surface area contributed by atoms with Crippen LogP contribution in [0.5, 0.6) is 11.5 Å². The van der Waals surface area contributed by atoms with Gasteiger partial charge in [-0.2, -0.15) is 0 Å². The van der Waals surface area contributed by atoms with Gasteiger partial charge in [0.15, 0.2) is 0 Å². The molecule has 5 aliphatic heterocycles. The molecule has 0 aliphatic carbocycles. The van der Waals surface area contributed by atoms with Crippen LogP contribution in [0.25, 0.3) is 5.57 Å². The minimum absolute atomic E-state index is 0. The van der Waals surface area contributed by atoms with E-state index >= 15 is 0 Å². The number of hydrogen-bond acceptors (Lipinski definition) is 7. The third kappa shape index (κ3) is 5.16. The molecule has 10 heteroatoms. The fourth-order valence-corrected chi connectivity index (χ4v) is 7.87. The number of rotatable bonds is 3. The highest BCUT2D eigenvalue weighted by molar-refractivity contribution is 6.01. The zero-order valence-electron chi connectivity index (χ0n) is 25.7. The zero-order chi connectivity index (χ0) is 31.1. The quantitative estimate of drug-likeness (QED) is 0.281. The number of benzene rings is 3. The van der Waals surface area contributed by atoms with Gasteiger partial charge in [0.05, 0.1) is 17.1 Å². The molecule has 0 atom stereocenters. The minimum Gasteiger partial charge on any atom is -0.545 e. The molecule has 0 saturated heterocycles. The topological polar surface area (TPSA) is 165 Å². The molecule has 0 radical (unpaired) electrons. The second-order valence-electron chi connectivity index (χ2n) is 11.7. The van der Waals surface area contributed by atoms with Gasteiger partial charge in [0, 0.05) is 73.3 Å². The van der Waals surface area contributed by atoms with Crippen LogP contribution in [0.3, 0.4) is 0 Å². The molecule has 0 bridgehead atoms. The number of carboxylic acids is 2. The van der Waals surface area contributed by atoms with Crippen molar-refractivity contribution in [1.29, 1.82) is 0 Å². The highest BCUT2D eigenvalue weighted by atomic mass is 16.5. The predicted molar refractivity (Wildman–Crippen MR) is 168 cm³/mol. The van der Waals surface area contributed by atoms with Crippen LogP contribution in [-0.2, 0) is 25.7 Å². The van der Waals surface area contributed by atoms with Gasteiger partial charge < -0.3 is 40.3 Å². The molecule has 0 spiro atoms. The largest absolute Gasteiger partial charge is 0.545 e. The molecule has 0 unspecified atom stereocenters. The van der Waals surface area contributed by atoms with Crippen molar-refractivity contribution < 1.29 is 40.2 Å². The summed E-state index contributed by atoms with van der Waals surface area (Å²) in [5.74, 6) is -0.782. The standard InChI is InChI=1S/C33H30N2O5.2CH4O.H2O/c36-32(37)20-9-10-21(33(38)39)24(17-20)27-25-15-18-5-1-11-34-13-3-7-22(28(18)34)30(25)40-31-23-8-4-14-35-12-2-6-19(29(23)35)16-26(27)31;2*1-2;/h9-10,15-17H,1-8,11-14H2,(H-,36,37,38,39);2*2H,1H3;1H2. The molecular weight excluding hydrogens is 576 g/mol. The van der Waals surface area contributed by atoms with E-state index in [2.05, 4.69) is 21.6 Å². The summed E-state index contributed by atoms with van der Waals surface area (Å²) in [6.07, 6.45) is 7.96. The van der Waals surface area contributed by atoms with E-state index in [1.165, 1.54) is 51.5 Å². The summed E-state index contributed by atoms with van der Waals surface area (Å²) < 4.78 is 9.48. The van der Waals surface area contributed by atoms with Gasteiger partial charge in [0.2, 0.25) is 5.36 Å². The van der Waals surface area contributed by atoms with E-state index in [0.29, 0.717) is 5.56 Å². The van der Waals surface area contributed by atoms with Crippen LogP contribution in [0.1, 0.15) is 79.8 Å². The first-order valence-electron chi connectivity index (χ1n) is 15.4. The van der Waals surface area contributed by atoms with Crippen LogP contribution in [0.2, 0.25) is 0 Å². The molecule has 0 saturated carbocycles. The SMILES string of the molecule is CO.CO.O.O=C([O-])c1ccc(C(=O)O)c(C2=c3cc4c5c(c3Oc3c2cc2c6c3CCCN6CCC2)CCC[N+]=5CCC4)c1. The van der Waals surface area contributed by atoms with Crippen molar-refractivity contribution in [2.45, 2.75) is 51.4 Å². The van der Waals surface area contributed by atoms with Gasteiger partial charge in [-0.05, 0) is 79.5 Å². The molecule has 5 N–H and O–H groups in total. The smallest absolute Gasteiger partial charge is 0.336 e. The summed E-state index contributed by atoms with van der Waals surface area (Å²) in [5, 5.41) is 38.4. The number of hydrogen-bond donors (Lipinski definition) is 3. The highest BCUT2D eigenvalue weighted by Crippen LogP contribution is 2.48. The van der Waals surface area contributed by atoms with Gasteiger partial charge in [-0.3, -0.25) is 0 Å². The number of aliphatic hydroxyl groups excluding tert-OH is 2. The summed E-state index contributed by atoms with van der Waals surface area (Å²) in [5.41, 5.74) is 8.32.